The summed E-state index contributed by atoms with van der Waals surface area (Å²) in [5.41, 5.74) is 2.41. The molecule has 0 bridgehead atoms. The number of amides is 1. The maximum atomic E-state index is 11.8. The lowest BCUT2D eigenvalue weighted by Gasteiger charge is -2.06. The van der Waals surface area contributed by atoms with E-state index in [1.54, 1.807) is 13.0 Å². The van der Waals surface area contributed by atoms with Gasteiger partial charge in [-0.15, -0.1) is 0 Å². The van der Waals surface area contributed by atoms with Crippen LogP contribution in [0, 0.1) is 13.8 Å². The first kappa shape index (κ1) is 11.9. The van der Waals surface area contributed by atoms with Crippen LogP contribution in [0.5, 0.6) is 0 Å². The fourth-order valence-electron chi connectivity index (χ4n) is 1.38. The van der Waals surface area contributed by atoms with Crippen molar-refractivity contribution in [2.24, 2.45) is 0 Å². The van der Waals surface area contributed by atoms with E-state index in [0.29, 0.717) is 5.69 Å². The number of carbonyl (C=O) groups excluding carboxylic acids is 1. The van der Waals surface area contributed by atoms with E-state index in [-0.39, 0.29) is 11.7 Å². The molecule has 0 aliphatic carbocycles. The third-order valence-corrected chi connectivity index (χ3v) is 2.79. The van der Waals surface area contributed by atoms with E-state index in [9.17, 15) is 4.79 Å². The van der Waals surface area contributed by atoms with Gasteiger partial charge in [0.2, 0.25) is 5.76 Å². The number of aromatic nitrogens is 1. The van der Waals surface area contributed by atoms with Crippen molar-refractivity contribution in [2.75, 3.05) is 5.32 Å². The Balaban J connectivity index is 2.21. The van der Waals surface area contributed by atoms with Crippen LogP contribution in [0.2, 0.25) is 0 Å². The van der Waals surface area contributed by atoms with Crippen molar-refractivity contribution < 1.29 is 9.32 Å². The van der Waals surface area contributed by atoms with Crippen LogP contribution in [-0.2, 0) is 0 Å². The molecule has 88 valence electrons. The molecular weight excluding hydrogens is 284 g/mol. The molecule has 2 rings (SSSR count). The van der Waals surface area contributed by atoms with Crippen LogP contribution in [0.25, 0.3) is 0 Å². The van der Waals surface area contributed by atoms with E-state index in [1.807, 2.05) is 25.1 Å². The molecule has 0 atom stereocenters. The van der Waals surface area contributed by atoms with Gasteiger partial charge in [0, 0.05) is 16.2 Å². The zero-order chi connectivity index (χ0) is 12.4. The van der Waals surface area contributed by atoms with Gasteiger partial charge in [-0.2, -0.15) is 0 Å². The number of anilines is 1. The van der Waals surface area contributed by atoms with Crippen LogP contribution in [-0.4, -0.2) is 11.1 Å². The minimum absolute atomic E-state index is 0.210. The maximum Gasteiger partial charge on any atom is 0.294 e. The molecule has 0 unspecified atom stereocenters. The Kier molecular flexibility index (Phi) is 3.28. The molecule has 0 radical (unpaired) electrons. The SMILES string of the molecule is Cc1cc(C(=O)Nc2cc(Br)ccc2C)on1. The van der Waals surface area contributed by atoms with Gasteiger partial charge in [-0.05, 0) is 31.5 Å². The highest BCUT2D eigenvalue weighted by Gasteiger charge is 2.12. The van der Waals surface area contributed by atoms with Crippen molar-refractivity contribution in [1.29, 1.82) is 0 Å². The average Bonchev–Trinajstić information content (AvgIpc) is 2.70. The van der Waals surface area contributed by atoms with Crippen molar-refractivity contribution in [3.63, 3.8) is 0 Å². The van der Waals surface area contributed by atoms with E-state index in [1.165, 1.54) is 0 Å². The van der Waals surface area contributed by atoms with Crippen molar-refractivity contribution in [1.82, 2.24) is 5.16 Å². The quantitative estimate of drug-likeness (QED) is 0.924. The summed E-state index contributed by atoms with van der Waals surface area (Å²) in [5.74, 6) is -0.0892. The molecule has 0 aliphatic heterocycles. The second-order valence-electron chi connectivity index (χ2n) is 3.75. The molecule has 4 nitrogen and oxygen atoms in total. The lowest BCUT2D eigenvalue weighted by molar-refractivity contribution is 0.0988. The predicted molar refractivity (Wildman–Crippen MR) is 68.1 cm³/mol. The second-order valence-corrected chi connectivity index (χ2v) is 4.66. The minimum atomic E-state index is -0.299. The molecule has 17 heavy (non-hydrogen) atoms. The zero-order valence-electron chi connectivity index (χ0n) is 9.45. The number of hydrogen-bond acceptors (Lipinski definition) is 3. The third kappa shape index (κ3) is 2.74. The van der Waals surface area contributed by atoms with Crippen molar-refractivity contribution in [2.45, 2.75) is 13.8 Å². The van der Waals surface area contributed by atoms with Gasteiger partial charge in [-0.3, -0.25) is 4.79 Å². The monoisotopic (exact) mass is 294 g/mol. The molecule has 0 aliphatic rings. The van der Waals surface area contributed by atoms with Gasteiger partial charge >= 0.3 is 0 Å². The van der Waals surface area contributed by atoms with Crippen LogP contribution in [0.1, 0.15) is 21.8 Å². The van der Waals surface area contributed by atoms with Gasteiger partial charge in [0.1, 0.15) is 0 Å². The highest BCUT2D eigenvalue weighted by molar-refractivity contribution is 9.10. The Bertz CT molecular complexity index is 563. The standard InChI is InChI=1S/C12H11BrN2O2/c1-7-3-4-9(13)6-10(7)14-12(16)11-5-8(2)15-17-11/h3-6H,1-2H3,(H,14,16). The summed E-state index contributed by atoms with van der Waals surface area (Å²) >= 11 is 3.36. The molecule has 0 saturated heterocycles. The number of hydrogen-bond donors (Lipinski definition) is 1. The summed E-state index contributed by atoms with van der Waals surface area (Å²) in [6, 6.07) is 7.29. The molecule has 2 aromatic rings. The number of rotatable bonds is 2. The molecule has 0 saturated carbocycles. The van der Waals surface area contributed by atoms with Crippen LogP contribution in [0.4, 0.5) is 5.69 Å². The van der Waals surface area contributed by atoms with E-state index < -0.39 is 0 Å². The molecule has 1 aromatic heterocycles. The lowest BCUT2D eigenvalue weighted by Crippen LogP contribution is -2.11. The second kappa shape index (κ2) is 4.71. The zero-order valence-corrected chi connectivity index (χ0v) is 11.0. The van der Waals surface area contributed by atoms with Crippen LogP contribution >= 0.6 is 15.9 Å². The molecular formula is C12H11BrN2O2. The Morgan fingerprint density at radius 2 is 2.12 bits per heavy atom. The van der Waals surface area contributed by atoms with Crippen LogP contribution in [0.3, 0.4) is 0 Å². The van der Waals surface area contributed by atoms with Crippen molar-refractivity contribution in [3.05, 3.63) is 45.8 Å². The molecule has 1 heterocycles. The Morgan fingerprint density at radius 1 is 1.35 bits per heavy atom. The van der Waals surface area contributed by atoms with Gasteiger partial charge in [-0.25, -0.2) is 0 Å². The number of nitrogens with one attached hydrogen (secondary N) is 1. The summed E-state index contributed by atoms with van der Waals surface area (Å²) in [4.78, 5) is 11.8. The Hall–Kier alpha value is -1.62. The summed E-state index contributed by atoms with van der Waals surface area (Å²) in [6.07, 6.45) is 0. The first-order valence-corrected chi connectivity index (χ1v) is 5.86. The topological polar surface area (TPSA) is 55.1 Å². The smallest absolute Gasteiger partial charge is 0.294 e. The van der Waals surface area contributed by atoms with Gasteiger partial charge in [0.25, 0.3) is 5.91 Å². The van der Waals surface area contributed by atoms with Crippen LogP contribution < -0.4 is 5.32 Å². The maximum absolute atomic E-state index is 11.8. The third-order valence-electron chi connectivity index (χ3n) is 2.30. The Labute approximate surface area is 107 Å². The molecule has 1 N–H and O–H groups in total. The summed E-state index contributed by atoms with van der Waals surface area (Å²) < 4.78 is 5.80. The average molecular weight is 295 g/mol. The first-order chi connectivity index (χ1) is 8.06. The van der Waals surface area contributed by atoms with Gasteiger partial charge < -0.3 is 9.84 Å². The number of carbonyl (C=O) groups is 1. The van der Waals surface area contributed by atoms with E-state index in [2.05, 4.69) is 26.4 Å². The number of benzene rings is 1. The highest BCUT2D eigenvalue weighted by atomic mass is 79.9. The lowest BCUT2D eigenvalue weighted by atomic mass is 10.2. The number of aryl methyl sites for hydroxylation is 2. The van der Waals surface area contributed by atoms with Gasteiger partial charge in [0.15, 0.2) is 0 Å². The van der Waals surface area contributed by atoms with E-state index >= 15 is 0 Å². The molecule has 1 amide bonds. The molecule has 5 heteroatoms. The van der Waals surface area contributed by atoms with Crippen molar-refractivity contribution in [3.8, 4) is 0 Å². The fraction of sp³-hybridized carbons (Fsp3) is 0.167. The van der Waals surface area contributed by atoms with Crippen molar-refractivity contribution >= 4 is 27.5 Å². The summed E-state index contributed by atoms with van der Waals surface area (Å²) in [6.45, 7) is 3.69. The Morgan fingerprint density at radius 3 is 2.76 bits per heavy atom. The molecule has 0 fully saturated rings. The fourth-order valence-corrected chi connectivity index (χ4v) is 1.74. The predicted octanol–water partition coefficient (Wildman–Crippen LogP) is 3.31. The normalized spacial score (nSPS) is 10.3. The van der Waals surface area contributed by atoms with Gasteiger partial charge in [0.05, 0.1) is 5.69 Å². The molecule has 1 aromatic carbocycles. The van der Waals surface area contributed by atoms with Crippen LogP contribution in [0.15, 0.2) is 33.3 Å². The van der Waals surface area contributed by atoms with Gasteiger partial charge in [-0.1, -0.05) is 27.2 Å². The van der Waals surface area contributed by atoms with E-state index in [4.69, 9.17) is 4.52 Å². The number of halogens is 1. The number of nitrogens with zero attached hydrogens (tertiary/aromatic N) is 1. The first-order valence-electron chi connectivity index (χ1n) is 5.07. The summed E-state index contributed by atoms with van der Waals surface area (Å²) in [7, 11) is 0. The van der Waals surface area contributed by atoms with E-state index in [0.717, 1.165) is 15.7 Å². The highest BCUT2D eigenvalue weighted by Crippen LogP contribution is 2.21. The minimum Gasteiger partial charge on any atom is -0.351 e. The molecule has 0 spiro atoms. The largest absolute Gasteiger partial charge is 0.351 e. The summed E-state index contributed by atoms with van der Waals surface area (Å²) in [5, 5.41) is 6.45.